The molecule has 2 nitrogen and oxygen atoms in total. The average molecular weight is 227 g/mol. The number of halogens is 1. The molecular formula is C9H7BrO2. The van der Waals surface area contributed by atoms with E-state index in [-0.39, 0.29) is 0 Å². The zero-order valence-corrected chi connectivity index (χ0v) is 7.87. The maximum atomic E-state index is 10.7. The van der Waals surface area contributed by atoms with Gasteiger partial charge in [0, 0.05) is 10.5 Å². The van der Waals surface area contributed by atoms with Crippen LogP contribution in [0, 0.1) is 0 Å². The summed E-state index contributed by atoms with van der Waals surface area (Å²) in [6.07, 6.45) is 1.13. The lowest BCUT2D eigenvalue weighted by molar-refractivity contribution is -0.128. The number of carbonyl (C=O) groups excluding carboxylic acids is 1. The van der Waals surface area contributed by atoms with Gasteiger partial charge in [-0.2, -0.15) is 0 Å². The highest BCUT2D eigenvalue weighted by molar-refractivity contribution is 9.10. The molecule has 0 aliphatic rings. The molecule has 0 atom stereocenters. The van der Waals surface area contributed by atoms with E-state index in [1.54, 1.807) is 18.2 Å². The largest absolute Gasteiger partial charge is 0.423 e. The second-order valence-electron chi connectivity index (χ2n) is 2.08. The summed E-state index contributed by atoms with van der Waals surface area (Å²) in [4.78, 5) is 10.7. The van der Waals surface area contributed by atoms with Gasteiger partial charge >= 0.3 is 5.97 Å². The summed E-state index contributed by atoms with van der Waals surface area (Å²) in [5.74, 6) is 0.0578. The Kier molecular flexibility index (Phi) is 3.05. The first kappa shape index (κ1) is 9.00. The summed E-state index contributed by atoms with van der Waals surface area (Å²) < 4.78 is 5.73. The molecule has 0 radical (unpaired) electrons. The van der Waals surface area contributed by atoms with Crippen molar-refractivity contribution in [2.24, 2.45) is 0 Å². The van der Waals surface area contributed by atoms with Crippen molar-refractivity contribution in [1.82, 2.24) is 0 Å². The minimum Gasteiger partial charge on any atom is -0.423 e. The van der Waals surface area contributed by atoms with Gasteiger partial charge in [0.05, 0.1) is 0 Å². The number of hydrogen-bond acceptors (Lipinski definition) is 2. The lowest BCUT2D eigenvalue weighted by Crippen LogP contribution is -2.02. The number of hydrogen-bond donors (Lipinski definition) is 0. The number of esters is 1. The molecule has 1 aromatic carbocycles. The average Bonchev–Trinajstić information content (AvgIpc) is 2.04. The third-order valence-corrected chi connectivity index (χ3v) is 1.67. The molecule has 0 saturated carbocycles. The number of benzene rings is 1. The Labute approximate surface area is 79.0 Å². The van der Waals surface area contributed by atoms with Crippen LogP contribution in [0.3, 0.4) is 0 Å². The van der Waals surface area contributed by atoms with Gasteiger partial charge in [0.25, 0.3) is 0 Å². The van der Waals surface area contributed by atoms with E-state index in [4.69, 9.17) is 4.74 Å². The number of rotatable bonds is 2. The van der Waals surface area contributed by atoms with Crippen LogP contribution in [0.5, 0.6) is 5.75 Å². The van der Waals surface area contributed by atoms with Crippen molar-refractivity contribution in [3.63, 3.8) is 0 Å². The van der Waals surface area contributed by atoms with E-state index in [9.17, 15) is 4.79 Å². The normalized spacial score (nSPS) is 9.08. The summed E-state index contributed by atoms with van der Waals surface area (Å²) >= 11 is 3.26. The van der Waals surface area contributed by atoms with Crippen LogP contribution in [0.15, 0.2) is 41.4 Å². The van der Waals surface area contributed by atoms with Gasteiger partial charge in [0.15, 0.2) is 0 Å². The molecule has 0 spiro atoms. The molecule has 0 bridgehead atoms. The van der Waals surface area contributed by atoms with Crippen LogP contribution in [0.2, 0.25) is 0 Å². The van der Waals surface area contributed by atoms with Crippen LogP contribution in [0.1, 0.15) is 0 Å². The second-order valence-corrected chi connectivity index (χ2v) is 3.00. The third kappa shape index (κ3) is 2.51. The molecule has 0 aromatic heterocycles. The predicted molar refractivity (Wildman–Crippen MR) is 50.0 cm³/mol. The minimum absolute atomic E-state index is 0.451. The summed E-state index contributed by atoms with van der Waals surface area (Å²) in [6.45, 7) is 3.29. The van der Waals surface area contributed by atoms with Gasteiger partial charge in [-0.3, -0.25) is 0 Å². The lowest BCUT2D eigenvalue weighted by atomic mass is 10.3. The fourth-order valence-electron chi connectivity index (χ4n) is 0.688. The van der Waals surface area contributed by atoms with E-state index in [1.807, 2.05) is 6.07 Å². The van der Waals surface area contributed by atoms with Crippen LogP contribution in [0.4, 0.5) is 0 Å². The molecule has 0 aliphatic heterocycles. The third-order valence-electron chi connectivity index (χ3n) is 1.18. The van der Waals surface area contributed by atoms with E-state index in [1.165, 1.54) is 0 Å². The van der Waals surface area contributed by atoms with E-state index < -0.39 is 5.97 Å². The van der Waals surface area contributed by atoms with Gasteiger partial charge in [0.2, 0.25) is 0 Å². The Balaban J connectivity index is 2.76. The molecule has 1 aromatic rings. The fraction of sp³-hybridized carbons (Fsp3) is 0. The molecule has 1 rings (SSSR count). The molecular weight excluding hydrogens is 220 g/mol. The SMILES string of the molecule is C=CC(=O)Oc1cccc(Br)c1. The van der Waals surface area contributed by atoms with Crippen LogP contribution in [-0.2, 0) is 4.79 Å². The first-order valence-corrected chi connectivity index (χ1v) is 4.11. The van der Waals surface area contributed by atoms with Gasteiger partial charge in [-0.25, -0.2) is 4.79 Å². The topological polar surface area (TPSA) is 26.3 Å². The molecule has 0 unspecified atom stereocenters. The van der Waals surface area contributed by atoms with E-state index >= 15 is 0 Å². The van der Waals surface area contributed by atoms with Crippen molar-refractivity contribution in [2.75, 3.05) is 0 Å². The van der Waals surface area contributed by atoms with Crippen molar-refractivity contribution in [1.29, 1.82) is 0 Å². The van der Waals surface area contributed by atoms with E-state index in [2.05, 4.69) is 22.5 Å². The quantitative estimate of drug-likeness (QED) is 0.441. The van der Waals surface area contributed by atoms with E-state index in [0.717, 1.165) is 10.5 Å². The van der Waals surface area contributed by atoms with Gasteiger partial charge in [0.1, 0.15) is 5.75 Å². The predicted octanol–water partition coefficient (Wildman–Crippen LogP) is 2.54. The smallest absolute Gasteiger partial charge is 0.335 e. The van der Waals surface area contributed by atoms with Gasteiger partial charge in [-0.15, -0.1) is 0 Å². The summed E-state index contributed by atoms with van der Waals surface area (Å²) in [5, 5.41) is 0. The number of carbonyl (C=O) groups is 1. The zero-order valence-electron chi connectivity index (χ0n) is 6.29. The van der Waals surface area contributed by atoms with Crippen LogP contribution in [-0.4, -0.2) is 5.97 Å². The highest BCUT2D eigenvalue weighted by Crippen LogP contribution is 2.17. The minimum atomic E-state index is -0.451. The lowest BCUT2D eigenvalue weighted by Gasteiger charge is -1.99. The van der Waals surface area contributed by atoms with Gasteiger partial charge in [-0.1, -0.05) is 28.6 Å². The maximum absolute atomic E-state index is 10.7. The molecule has 0 N–H and O–H groups in total. The fourth-order valence-corrected chi connectivity index (χ4v) is 1.07. The van der Waals surface area contributed by atoms with Crippen LogP contribution >= 0.6 is 15.9 Å². The first-order valence-electron chi connectivity index (χ1n) is 3.32. The number of ether oxygens (including phenoxy) is 1. The maximum Gasteiger partial charge on any atom is 0.335 e. The Morgan fingerprint density at radius 3 is 2.92 bits per heavy atom. The molecule has 62 valence electrons. The molecule has 0 amide bonds. The van der Waals surface area contributed by atoms with Crippen molar-refractivity contribution in [2.45, 2.75) is 0 Å². The highest BCUT2D eigenvalue weighted by atomic mass is 79.9. The van der Waals surface area contributed by atoms with Gasteiger partial charge in [-0.05, 0) is 18.2 Å². The second kappa shape index (κ2) is 4.07. The van der Waals surface area contributed by atoms with E-state index in [0.29, 0.717) is 5.75 Å². The molecule has 0 fully saturated rings. The Hall–Kier alpha value is -1.09. The monoisotopic (exact) mass is 226 g/mol. The van der Waals surface area contributed by atoms with Gasteiger partial charge < -0.3 is 4.74 Å². The summed E-state index contributed by atoms with van der Waals surface area (Å²) in [7, 11) is 0. The summed E-state index contributed by atoms with van der Waals surface area (Å²) in [5.41, 5.74) is 0. The molecule has 12 heavy (non-hydrogen) atoms. The Morgan fingerprint density at radius 2 is 2.33 bits per heavy atom. The molecule has 0 heterocycles. The molecule has 0 saturated heterocycles. The van der Waals surface area contributed by atoms with Crippen molar-refractivity contribution >= 4 is 21.9 Å². The van der Waals surface area contributed by atoms with Crippen molar-refractivity contribution in [3.05, 3.63) is 41.4 Å². The van der Waals surface area contributed by atoms with Crippen LogP contribution < -0.4 is 4.74 Å². The summed E-state index contributed by atoms with van der Waals surface area (Å²) in [6, 6.07) is 7.05. The Morgan fingerprint density at radius 1 is 1.58 bits per heavy atom. The van der Waals surface area contributed by atoms with Crippen LogP contribution in [0.25, 0.3) is 0 Å². The molecule has 0 aliphatic carbocycles. The highest BCUT2D eigenvalue weighted by Gasteiger charge is 1.98. The van der Waals surface area contributed by atoms with Crippen molar-refractivity contribution in [3.8, 4) is 5.75 Å². The zero-order chi connectivity index (χ0) is 8.97. The molecule has 3 heteroatoms. The van der Waals surface area contributed by atoms with Crippen molar-refractivity contribution < 1.29 is 9.53 Å². The Bertz CT molecular complexity index is 307. The standard InChI is InChI=1S/C9H7BrO2/c1-2-9(11)12-8-5-3-4-7(10)6-8/h2-6H,1H2. The first-order chi connectivity index (χ1) is 5.72.